The van der Waals surface area contributed by atoms with E-state index >= 15 is 0 Å². The lowest BCUT2D eigenvalue weighted by atomic mass is 9.96. The summed E-state index contributed by atoms with van der Waals surface area (Å²) in [5.74, 6) is -0.347. The Bertz CT molecular complexity index is 2460. The summed E-state index contributed by atoms with van der Waals surface area (Å²) in [6, 6.07) is 50.2. The summed E-state index contributed by atoms with van der Waals surface area (Å²) in [4.78, 5) is 23.3. The summed E-state index contributed by atoms with van der Waals surface area (Å²) >= 11 is 0. The number of esters is 2. The minimum absolute atomic E-state index is 0.137. The molecular weight excluding hydrogens is 1060 g/mol. The molecule has 2 aliphatic rings. The van der Waals surface area contributed by atoms with Crippen LogP contribution < -0.4 is 0 Å². The highest BCUT2D eigenvalue weighted by Crippen LogP contribution is 2.37. The van der Waals surface area contributed by atoms with Crippen LogP contribution in [0.15, 0.2) is 152 Å². The number of carbonyl (C=O) groups is 2. The zero-order chi connectivity index (χ0) is 57.9. The van der Waals surface area contributed by atoms with Gasteiger partial charge in [0.2, 0.25) is 0 Å². The third kappa shape index (κ3) is 23.2. The van der Waals surface area contributed by atoms with E-state index in [1.54, 1.807) is 7.11 Å². The van der Waals surface area contributed by atoms with Crippen molar-refractivity contribution in [1.82, 2.24) is 0 Å². The second kappa shape index (κ2) is 38.5. The molecule has 0 unspecified atom stereocenters. The topological polar surface area (TPSA) is 154 Å². The van der Waals surface area contributed by atoms with E-state index in [4.69, 9.17) is 61.6 Å². The average Bonchev–Trinajstić information content (AvgIpc) is 3.72. The zero-order valence-corrected chi connectivity index (χ0v) is 49.1. The fourth-order valence-electron chi connectivity index (χ4n) is 10.4. The minimum Gasteiger partial charge on any atom is -0.469 e. The van der Waals surface area contributed by atoms with Crippen LogP contribution >= 0.6 is 0 Å². The van der Waals surface area contributed by atoms with Crippen molar-refractivity contribution in [2.24, 2.45) is 0 Å². The van der Waals surface area contributed by atoms with Gasteiger partial charge in [0.05, 0.1) is 60.5 Å². The first-order chi connectivity index (χ1) is 40.9. The molecule has 0 N–H and O–H groups in total. The summed E-state index contributed by atoms with van der Waals surface area (Å²) in [5, 5.41) is 0. The van der Waals surface area contributed by atoms with E-state index in [1.807, 2.05) is 152 Å². The molecular formula is C68H90O15. The molecule has 0 spiro atoms. The molecule has 0 bridgehead atoms. The van der Waals surface area contributed by atoms with Crippen molar-refractivity contribution in [3.63, 3.8) is 0 Å². The number of unbranched alkanes of at least 4 members (excludes halogenated alkanes) is 10. The van der Waals surface area contributed by atoms with Gasteiger partial charge in [-0.3, -0.25) is 9.59 Å². The van der Waals surface area contributed by atoms with Gasteiger partial charge in [0.25, 0.3) is 0 Å². The Labute approximate surface area is 492 Å². The molecule has 83 heavy (non-hydrogen) atoms. The number of rotatable bonds is 40. The maximum Gasteiger partial charge on any atom is 0.305 e. The first kappa shape index (κ1) is 65.1. The van der Waals surface area contributed by atoms with Crippen molar-refractivity contribution < 1.29 is 71.2 Å². The van der Waals surface area contributed by atoms with Crippen molar-refractivity contribution in [2.45, 2.75) is 184 Å². The predicted molar refractivity (Wildman–Crippen MR) is 315 cm³/mol. The monoisotopic (exact) mass is 1150 g/mol. The van der Waals surface area contributed by atoms with Crippen LogP contribution in [0.5, 0.6) is 0 Å². The Morgan fingerprint density at radius 2 is 0.711 bits per heavy atom. The molecule has 5 aromatic carbocycles. The number of hydrogen-bond acceptors (Lipinski definition) is 15. The first-order valence-corrected chi connectivity index (χ1v) is 30.0. The Balaban J connectivity index is 1.19. The summed E-state index contributed by atoms with van der Waals surface area (Å²) in [7, 11) is 4.52. The summed E-state index contributed by atoms with van der Waals surface area (Å²) in [5.41, 5.74) is 4.91. The maximum atomic E-state index is 11.7. The zero-order valence-electron chi connectivity index (χ0n) is 49.1. The fourth-order valence-corrected chi connectivity index (χ4v) is 10.4. The molecule has 0 amide bonds. The fraction of sp³-hybridized carbons (Fsp3) is 0.529. The normalized spacial score (nSPS) is 22.5. The van der Waals surface area contributed by atoms with E-state index in [2.05, 4.69) is 0 Å². The molecule has 452 valence electrons. The summed E-state index contributed by atoms with van der Waals surface area (Å²) < 4.78 is 85.9. The smallest absolute Gasteiger partial charge is 0.305 e. The van der Waals surface area contributed by atoms with E-state index < -0.39 is 61.4 Å². The van der Waals surface area contributed by atoms with Gasteiger partial charge >= 0.3 is 11.9 Å². The lowest BCUT2D eigenvalue weighted by Crippen LogP contribution is -2.66. The maximum absolute atomic E-state index is 11.7. The summed E-state index contributed by atoms with van der Waals surface area (Å²) in [6.45, 7) is 2.59. The van der Waals surface area contributed by atoms with Crippen LogP contribution in [0.1, 0.15) is 118 Å². The SMILES string of the molecule is COC(=O)CCCCCCCCOC[C@H]1O[C@H](OCCCCCCCCC(=O)OC)[C@H](O[C@@H]2O[C@H](COCc3ccccc3)[C@@H](OCc3ccccc3)[C@H](OCc3ccccc3)[C@H]2OCc2ccccc2)[C@@H](OCc2ccccc2)[C@@H]1OC. The molecule has 10 atom stereocenters. The molecule has 0 radical (unpaired) electrons. The highest BCUT2D eigenvalue weighted by atomic mass is 16.8. The average molecular weight is 1150 g/mol. The third-order valence-electron chi connectivity index (χ3n) is 15.0. The van der Waals surface area contributed by atoms with Crippen LogP contribution in [0, 0.1) is 0 Å². The molecule has 0 aliphatic carbocycles. The highest BCUT2D eigenvalue weighted by Gasteiger charge is 2.54. The Kier molecular flexibility index (Phi) is 30.2. The van der Waals surface area contributed by atoms with E-state index in [0.717, 1.165) is 105 Å². The molecule has 2 saturated heterocycles. The number of methoxy groups -OCH3 is 3. The van der Waals surface area contributed by atoms with Gasteiger partial charge in [-0.15, -0.1) is 0 Å². The largest absolute Gasteiger partial charge is 0.469 e. The second-order valence-electron chi connectivity index (χ2n) is 21.3. The number of ether oxygens (including phenoxy) is 13. The Morgan fingerprint density at radius 1 is 0.349 bits per heavy atom. The second-order valence-corrected chi connectivity index (χ2v) is 21.3. The molecule has 2 heterocycles. The Morgan fingerprint density at radius 3 is 1.17 bits per heavy atom. The first-order valence-electron chi connectivity index (χ1n) is 30.0. The van der Waals surface area contributed by atoms with Crippen molar-refractivity contribution in [2.75, 3.05) is 47.8 Å². The van der Waals surface area contributed by atoms with Crippen LogP contribution in [-0.2, 0) is 104 Å². The van der Waals surface area contributed by atoms with E-state index in [0.29, 0.717) is 32.7 Å². The predicted octanol–water partition coefficient (Wildman–Crippen LogP) is 12.2. The van der Waals surface area contributed by atoms with Gasteiger partial charge in [-0.25, -0.2) is 0 Å². The van der Waals surface area contributed by atoms with Crippen molar-refractivity contribution in [3.05, 3.63) is 179 Å². The number of carbonyl (C=O) groups excluding carboxylic acids is 2. The van der Waals surface area contributed by atoms with Crippen LogP contribution in [0.25, 0.3) is 0 Å². The van der Waals surface area contributed by atoms with Gasteiger partial charge in [0.15, 0.2) is 12.6 Å². The standard InChI is InChI=1S/C68H90O15/c1-71-59(69)41-27-8-4-6-10-29-43-74-50-57-61(73-3)63(78-47-54-35-21-14-22-36-54)66(67(81-57)76-44-30-11-7-5-9-28-42-60(70)72-2)83-68-65(80-49-56-39-25-16-26-40-56)64(79-48-55-37-23-15-24-38-55)62(77-46-53-33-19-13-20-34-53)58(82-68)51-75-45-52-31-17-12-18-32-52/h12-26,31-40,57-58,61-68H,4-11,27-30,41-51H2,1-3H3/t57-,58-,61-,62-,63+,64+,65-,66-,67+,68+/m1/s1. The van der Waals surface area contributed by atoms with Gasteiger partial charge in [-0.05, 0) is 53.5 Å². The number of hydrogen-bond donors (Lipinski definition) is 0. The van der Waals surface area contributed by atoms with Crippen LogP contribution in [0.2, 0.25) is 0 Å². The van der Waals surface area contributed by atoms with Crippen molar-refractivity contribution in [1.29, 1.82) is 0 Å². The molecule has 7 rings (SSSR count). The minimum atomic E-state index is -1.11. The van der Waals surface area contributed by atoms with Gasteiger partial charge < -0.3 is 61.6 Å². The van der Waals surface area contributed by atoms with E-state index in [-0.39, 0.29) is 51.6 Å². The van der Waals surface area contributed by atoms with E-state index in [1.165, 1.54) is 14.2 Å². The van der Waals surface area contributed by atoms with Crippen LogP contribution in [0.4, 0.5) is 0 Å². The van der Waals surface area contributed by atoms with Crippen LogP contribution in [0.3, 0.4) is 0 Å². The molecule has 0 aromatic heterocycles. The molecule has 2 aliphatic heterocycles. The number of benzene rings is 5. The van der Waals surface area contributed by atoms with Crippen LogP contribution in [-0.4, -0.2) is 121 Å². The lowest BCUT2D eigenvalue weighted by molar-refractivity contribution is -0.382. The van der Waals surface area contributed by atoms with Crippen molar-refractivity contribution in [3.8, 4) is 0 Å². The molecule has 0 saturated carbocycles. The van der Waals surface area contributed by atoms with Gasteiger partial charge in [0, 0.05) is 33.2 Å². The Hall–Kier alpha value is -5.40. The van der Waals surface area contributed by atoms with Crippen molar-refractivity contribution >= 4 is 11.9 Å². The molecule has 15 heteroatoms. The van der Waals surface area contributed by atoms with E-state index in [9.17, 15) is 9.59 Å². The lowest BCUT2D eigenvalue weighted by Gasteiger charge is -2.50. The quantitative estimate of drug-likeness (QED) is 0.0270. The highest BCUT2D eigenvalue weighted by molar-refractivity contribution is 5.69. The molecule has 2 fully saturated rings. The summed E-state index contributed by atoms with van der Waals surface area (Å²) in [6.07, 6.45) is 3.88. The third-order valence-corrected chi connectivity index (χ3v) is 15.0. The van der Waals surface area contributed by atoms with Gasteiger partial charge in [-0.2, -0.15) is 0 Å². The van der Waals surface area contributed by atoms with Gasteiger partial charge in [-0.1, -0.05) is 203 Å². The molecule has 15 nitrogen and oxygen atoms in total. The van der Waals surface area contributed by atoms with Gasteiger partial charge in [0.1, 0.15) is 48.8 Å². The molecule has 5 aromatic rings.